The largest absolute Gasteiger partial charge is 0.458 e. The Balaban J connectivity index is -0.000000274. The van der Waals surface area contributed by atoms with Gasteiger partial charge in [-0.1, -0.05) is 48.0 Å². The fourth-order valence-electron chi connectivity index (χ4n) is 1.05. The molecular weight excluding hydrogens is 322 g/mol. The standard InChI is InChI=1S/C12H25NO5.C3H8.2C2H6/c1-12(2,3)18-11(14)10-17-9-8-16-7-6-15-5-4-13;1-3-2;2*1-2/h4-10,13H2,1-3H3;3H2,1-2H3;2*1-2H3. The van der Waals surface area contributed by atoms with Crippen LogP contribution in [0.25, 0.3) is 0 Å². The predicted molar refractivity (Wildman–Crippen MR) is 106 cm³/mol. The van der Waals surface area contributed by atoms with E-state index in [2.05, 4.69) is 13.8 Å². The lowest BCUT2D eigenvalue weighted by molar-refractivity contribution is -0.160. The van der Waals surface area contributed by atoms with E-state index in [0.29, 0.717) is 39.6 Å². The molecular formula is C19H45NO5. The fourth-order valence-corrected chi connectivity index (χ4v) is 1.05. The molecule has 0 aromatic rings. The van der Waals surface area contributed by atoms with Gasteiger partial charge in [-0.3, -0.25) is 0 Å². The minimum Gasteiger partial charge on any atom is -0.458 e. The first-order valence-electron chi connectivity index (χ1n) is 9.52. The van der Waals surface area contributed by atoms with Crippen LogP contribution in [0.3, 0.4) is 0 Å². The molecule has 0 heterocycles. The van der Waals surface area contributed by atoms with Crippen LogP contribution in [-0.2, 0) is 23.7 Å². The monoisotopic (exact) mass is 367 g/mol. The molecule has 0 aliphatic heterocycles. The maximum absolute atomic E-state index is 11.2. The van der Waals surface area contributed by atoms with Crippen LogP contribution >= 0.6 is 0 Å². The Morgan fingerprint density at radius 1 is 0.800 bits per heavy atom. The van der Waals surface area contributed by atoms with Crippen molar-refractivity contribution in [3.8, 4) is 0 Å². The molecule has 0 aromatic carbocycles. The molecule has 6 nitrogen and oxygen atoms in total. The van der Waals surface area contributed by atoms with Crippen molar-refractivity contribution >= 4 is 5.97 Å². The molecule has 0 bridgehead atoms. The van der Waals surface area contributed by atoms with Gasteiger partial charge >= 0.3 is 5.97 Å². The van der Waals surface area contributed by atoms with E-state index in [0.717, 1.165) is 0 Å². The van der Waals surface area contributed by atoms with Crippen molar-refractivity contribution in [2.24, 2.45) is 5.73 Å². The summed E-state index contributed by atoms with van der Waals surface area (Å²) in [5.41, 5.74) is 4.78. The number of esters is 1. The van der Waals surface area contributed by atoms with Crippen molar-refractivity contribution < 1.29 is 23.7 Å². The maximum Gasteiger partial charge on any atom is 0.332 e. The van der Waals surface area contributed by atoms with Gasteiger partial charge in [-0.2, -0.15) is 0 Å². The molecule has 0 saturated carbocycles. The molecule has 0 aromatic heterocycles. The second kappa shape index (κ2) is 28.1. The zero-order chi connectivity index (χ0) is 20.6. The highest BCUT2D eigenvalue weighted by Gasteiger charge is 2.15. The van der Waals surface area contributed by atoms with E-state index >= 15 is 0 Å². The molecule has 25 heavy (non-hydrogen) atoms. The molecule has 0 spiro atoms. The summed E-state index contributed by atoms with van der Waals surface area (Å²) in [6.07, 6.45) is 1.25. The molecule has 0 unspecified atom stereocenters. The van der Waals surface area contributed by atoms with Gasteiger partial charge in [-0.15, -0.1) is 0 Å². The van der Waals surface area contributed by atoms with Crippen LogP contribution in [0.2, 0.25) is 0 Å². The van der Waals surface area contributed by atoms with Crippen molar-refractivity contribution in [2.45, 2.75) is 74.3 Å². The summed E-state index contributed by atoms with van der Waals surface area (Å²) in [7, 11) is 0. The molecule has 0 amide bonds. The lowest BCUT2D eigenvalue weighted by Gasteiger charge is -2.19. The molecule has 0 saturated heterocycles. The highest BCUT2D eigenvalue weighted by molar-refractivity contribution is 5.71. The average Bonchev–Trinajstić information content (AvgIpc) is 2.56. The van der Waals surface area contributed by atoms with Gasteiger partial charge in [-0.25, -0.2) is 4.79 Å². The van der Waals surface area contributed by atoms with Crippen molar-refractivity contribution in [2.75, 3.05) is 46.2 Å². The molecule has 156 valence electrons. The van der Waals surface area contributed by atoms with Crippen LogP contribution in [0.4, 0.5) is 0 Å². The Kier molecular flexibility index (Phi) is 36.0. The van der Waals surface area contributed by atoms with Gasteiger partial charge in [-0.05, 0) is 20.8 Å². The topological polar surface area (TPSA) is 80.0 Å². The van der Waals surface area contributed by atoms with Crippen LogP contribution in [0.5, 0.6) is 0 Å². The Morgan fingerprint density at radius 3 is 1.52 bits per heavy atom. The zero-order valence-corrected chi connectivity index (χ0v) is 18.3. The first-order chi connectivity index (χ1) is 11.9. The SMILES string of the molecule is CC.CC.CC(C)(C)OC(=O)COCCOCCOCCN.CCC. The Labute approximate surface area is 156 Å². The fraction of sp³-hybridized carbons (Fsp3) is 0.947. The quantitative estimate of drug-likeness (QED) is 0.467. The zero-order valence-electron chi connectivity index (χ0n) is 18.3. The molecule has 0 aliphatic carbocycles. The molecule has 6 heteroatoms. The number of carbonyl (C=O) groups is 1. The van der Waals surface area contributed by atoms with Crippen molar-refractivity contribution in [1.82, 2.24) is 0 Å². The van der Waals surface area contributed by atoms with E-state index in [-0.39, 0.29) is 12.6 Å². The van der Waals surface area contributed by atoms with Gasteiger partial charge in [0.15, 0.2) is 0 Å². The van der Waals surface area contributed by atoms with Crippen LogP contribution in [0.1, 0.15) is 68.7 Å². The van der Waals surface area contributed by atoms with Gasteiger partial charge in [0.2, 0.25) is 0 Å². The van der Waals surface area contributed by atoms with Crippen molar-refractivity contribution in [3.05, 3.63) is 0 Å². The van der Waals surface area contributed by atoms with Crippen molar-refractivity contribution in [3.63, 3.8) is 0 Å². The highest BCUT2D eigenvalue weighted by Crippen LogP contribution is 2.06. The van der Waals surface area contributed by atoms with Crippen LogP contribution in [-0.4, -0.2) is 57.8 Å². The van der Waals surface area contributed by atoms with Crippen molar-refractivity contribution in [1.29, 1.82) is 0 Å². The lowest BCUT2D eigenvalue weighted by atomic mass is 10.2. The summed E-state index contributed by atoms with van der Waals surface area (Å²) in [4.78, 5) is 11.2. The van der Waals surface area contributed by atoms with E-state index in [1.807, 2.05) is 48.5 Å². The summed E-state index contributed by atoms with van der Waals surface area (Å²) < 4.78 is 20.5. The smallest absolute Gasteiger partial charge is 0.332 e. The number of ether oxygens (including phenoxy) is 4. The third kappa shape index (κ3) is 45.2. The number of hydrogen-bond acceptors (Lipinski definition) is 6. The summed E-state index contributed by atoms with van der Waals surface area (Å²) in [6, 6.07) is 0. The predicted octanol–water partition coefficient (Wildman–Crippen LogP) is 3.81. The minimum atomic E-state index is -0.475. The summed E-state index contributed by atoms with van der Waals surface area (Å²) in [5, 5.41) is 0. The molecule has 0 radical (unpaired) electrons. The normalized spacial score (nSPS) is 9.52. The minimum absolute atomic E-state index is 0.0513. The van der Waals surface area contributed by atoms with Crippen LogP contribution < -0.4 is 5.73 Å². The Hall–Kier alpha value is -0.690. The highest BCUT2D eigenvalue weighted by atomic mass is 16.6. The third-order valence-electron chi connectivity index (χ3n) is 1.65. The number of nitrogens with two attached hydrogens (primary N) is 1. The summed E-state index contributed by atoms with van der Waals surface area (Å²) in [6.45, 7) is 20.5. The molecule has 0 fully saturated rings. The van der Waals surface area contributed by atoms with Crippen LogP contribution in [0, 0.1) is 0 Å². The van der Waals surface area contributed by atoms with Gasteiger partial charge in [0.05, 0.1) is 33.0 Å². The number of hydrogen-bond donors (Lipinski definition) is 1. The van der Waals surface area contributed by atoms with Crippen LogP contribution in [0.15, 0.2) is 0 Å². The molecule has 0 atom stereocenters. The summed E-state index contributed by atoms with van der Waals surface area (Å²) in [5.74, 6) is -0.367. The third-order valence-corrected chi connectivity index (χ3v) is 1.65. The van der Waals surface area contributed by atoms with Gasteiger partial charge < -0.3 is 24.7 Å². The molecule has 0 rings (SSSR count). The van der Waals surface area contributed by atoms with E-state index in [4.69, 9.17) is 24.7 Å². The van der Waals surface area contributed by atoms with E-state index in [1.54, 1.807) is 0 Å². The Bertz CT molecular complexity index is 230. The maximum atomic E-state index is 11.2. The van der Waals surface area contributed by atoms with E-state index < -0.39 is 5.60 Å². The summed E-state index contributed by atoms with van der Waals surface area (Å²) >= 11 is 0. The molecule has 0 aliphatic rings. The first-order valence-corrected chi connectivity index (χ1v) is 9.52. The van der Waals surface area contributed by atoms with Gasteiger partial charge in [0.25, 0.3) is 0 Å². The number of carbonyl (C=O) groups excluding carboxylic acids is 1. The lowest BCUT2D eigenvalue weighted by Crippen LogP contribution is -2.27. The first kappa shape index (κ1) is 32.0. The van der Waals surface area contributed by atoms with Gasteiger partial charge in [0.1, 0.15) is 12.2 Å². The van der Waals surface area contributed by atoms with E-state index in [1.165, 1.54) is 6.42 Å². The van der Waals surface area contributed by atoms with E-state index in [9.17, 15) is 4.79 Å². The molecule has 2 N–H and O–H groups in total. The second-order valence-electron chi connectivity index (χ2n) is 5.36. The second-order valence-corrected chi connectivity index (χ2v) is 5.36. The number of rotatable bonds is 10. The Morgan fingerprint density at radius 2 is 1.16 bits per heavy atom. The van der Waals surface area contributed by atoms with Gasteiger partial charge in [0, 0.05) is 6.54 Å². The average molecular weight is 368 g/mol.